The van der Waals surface area contributed by atoms with Crippen LogP contribution < -0.4 is 5.32 Å². The molecule has 0 saturated carbocycles. The van der Waals surface area contributed by atoms with E-state index in [0.717, 1.165) is 35.1 Å². The Kier molecular flexibility index (Phi) is 6.98. The Morgan fingerprint density at radius 1 is 0.879 bits per heavy atom. The maximum absolute atomic E-state index is 12.9. The average molecular weight is 442 g/mol. The highest BCUT2D eigenvalue weighted by molar-refractivity contribution is 6.40. The van der Waals surface area contributed by atoms with Crippen molar-refractivity contribution in [2.75, 3.05) is 6.54 Å². The van der Waals surface area contributed by atoms with Gasteiger partial charge in [-0.05, 0) is 47.4 Å². The molecule has 1 amide bonds. The second-order valence-electron chi connectivity index (χ2n) is 8.57. The Bertz CT molecular complexity index is 1100. The van der Waals surface area contributed by atoms with Crippen LogP contribution in [0.2, 0.25) is 0 Å². The third-order valence-electron chi connectivity index (χ3n) is 6.40. The van der Waals surface area contributed by atoms with E-state index in [0.29, 0.717) is 19.4 Å². The number of rotatable bonds is 8. The van der Waals surface area contributed by atoms with E-state index in [4.69, 9.17) is 5.11 Å². The molecule has 2 N–H and O–H groups in total. The standard InChI is InChI=1S/C28H27NO4/c30-26(17-25(20-8-3-1-4-9-20)21-10-5-2-6-11-21)29-18-19-14-15-23-22(16-19)12-7-13-24(23)27(31)28(32)33/h1-13,19,25H,14-18H2,(H,29,30)(H,32,33). The van der Waals surface area contributed by atoms with Crippen LogP contribution in [0.4, 0.5) is 0 Å². The van der Waals surface area contributed by atoms with Crippen molar-refractivity contribution in [3.05, 3.63) is 107 Å². The molecule has 0 spiro atoms. The molecule has 0 fully saturated rings. The molecule has 33 heavy (non-hydrogen) atoms. The highest BCUT2D eigenvalue weighted by Crippen LogP contribution is 2.30. The Morgan fingerprint density at radius 2 is 1.52 bits per heavy atom. The number of carboxylic acid groups (broad SMARTS) is 1. The zero-order valence-electron chi connectivity index (χ0n) is 18.4. The van der Waals surface area contributed by atoms with Crippen molar-refractivity contribution < 1.29 is 19.5 Å². The summed E-state index contributed by atoms with van der Waals surface area (Å²) >= 11 is 0. The molecule has 3 aromatic rings. The van der Waals surface area contributed by atoms with Gasteiger partial charge in [0.25, 0.3) is 5.78 Å². The molecule has 0 radical (unpaired) electrons. The zero-order valence-corrected chi connectivity index (χ0v) is 18.4. The molecular formula is C28H27NO4. The third-order valence-corrected chi connectivity index (χ3v) is 6.40. The van der Waals surface area contributed by atoms with Gasteiger partial charge in [-0.25, -0.2) is 4.79 Å². The van der Waals surface area contributed by atoms with Gasteiger partial charge in [0.05, 0.1) is 0 Å². The SMILES string of the molecule is O=C(CC(c1ccccc1)c1ccccc1)NCC1CCc2c(cccc2C(=O)C(=O)O)C1. The number of carbonyl (C=O) groups is 3. The lowest BCUT2D eigenvalue weighted by atomic mass is 9.81. The Labute approximate surface area is 193 Å². The van der Waals surface area contributed by atoms with Crippen LogP contribution in [0.25, 0.3) is 0 Å². The summed E-state index contributed by atoms with van der Waals surface area (Å²) in [6, 6.07) is 25.4. The van der Waals surface area contributed by atoms with Gasteiger partial charge in [-0.2, -0.15) is 0 Å². The first-order valence-electron chi connectivity index (χ1n) is 11.3. The van der Waals surface area contributed by atoms with Crippen molar-refractivity contribution in [1.82, 2.24) is 5.32 Å². The van der Waals surface area contributed by atoms with E-state index >= 15 is 0 Å². The average Bonchev–Trinajstić information content (AvgIpc) is 2.86. The summed E-state index contributed by atoms with van der Waals surface area (Å²) in [5, 5.41) is 12.2. The molecule has 168 valence electrons. The van der Waals surface area contributed by atoms with Gasteiger partial charge in [-0.1, -0.05) is 78.9 Å². The monoisotopic (exact) mass is 441 g/mol. The van der Waals surface area contributed by atoms with E-state index in [1.807, 2.05) is 42.5 Å². The van der Waals surface area contributed by atoms with Crippen LogP contribution in [0.15, 0.2) is 78.9 Å². The molecule has 0 saturated heterocycles. The molecule has 1 unspecified atom stereocenters. The second-order valence-corrected chi connectivity index (χ2v) is 8.57. The minimum absolute atomic E-state index is 0.00769. The molecule has 3 aromatic carbocycles. The third kappa shape index (κ3) is 5.37. The van der Waals surface area contributed by atoms with Gasteiger partial charge in [-0.15, -0.1) is 0 Å². The van der Waals surface area contributed by atoms with Crippen LogP contribution in [-0.2, 0) is 22.4 Å². The lowest BCUT2D eigenvalue weighted by molar-refractivity contribution is -0.131. The maximum atomic E-state index is 12.9. The summed E-state index contributed by atoms with van der Waals surface area (Å²) in [6.07, 6.45) is 2.53. The summed E-state index contributed by atoms with van der Waals surface area (Å²) in [7, 11) is 0. The fraction of sp³-hybridized carbons (Fsp3) is 0.250. The van der Waals surface area contributed by atoms with Crippen LogP contribution in [0.5, 0.6) is 0 Å². The Balaban J connectivity index is 1.40. The van der Waals surface area contributed by atoms with Gasteiger partial charge in [0.15, 0.2) is 0 Å². The summed E-state index contributed by atoms with van der Waals surface area (Å²) in [5.41, 5.74) is 4.35. The van der Waals surface area contributed by atoms with Crippen LogP contribution >= 0.6 is 0 Å². The van der Waals surface area contributed by atoms with Gasteiger partial charge in [0.1, 0.15) is 0 Å². The van der Waals surface area contributed by atoms with Crippen LogP contribution in [0.3, 0.4) is 0 Å². The molecule has 1 aliphatic carbocycles. The number of ketones is 1. The Hall–Kier alpha value is -3.73. The van der Waals surface area contributed by atoms with Crippen molar-refractivity contribution in [2.45, 2.75) is 31.6 Å². The molecule has 1 atom stereocenters. The summed E-state index contributed by atoms with van der Waals surface area (Å²) in [4.78, 5) is 36.0. The van der Waals surface area contributed by atoms with Gasteiger partial charge in [-0.3, -0.25) is 9.59 Å². The summed E-state index contributed by atoms with van der Waals surface area (Å²) in [6.45, 7) is 0.561. The van der Waals surface area contributed by atoms with Gasteiger partial charge in [0, 0.05) is 24.4 Å². The number of benzene rings is 3. The van der Waals surface area contributed by atoms with Crippen LogP contribution in [-0.4, -0.2) is 29.3 Å². The molecule has 1 aliphatic rings. The van der Waals surface area contributed by atoms with Gasteiger partial charge in [0.2, 0.25) is 5.91 Å². The normalized spacial score (nSPS) is 15.0. The smallest absolute Gasteiger partial charge is 0.377 e. The number of carboxylic acids is 1. The highest BCUT2D eigenvalue weighted by atomic mass is 16.4. The summed E-state index contributed by atoms with van der Waals surface area (Å²) < 4.78 is 0. The molecule has 4 rings (SSSR count). The Morgan fingerprint density at radius 3 is 2.12 bits per heavy atom. The van der Waals surface area contributed by atoms with Crippen LogP contribution in [0.1, 0.15) is 51.4 Å². The number of carbonyl (C=O) groups excluding carboxylic acids is 2. The van der Waals surface area contributed by atoms with Crippen molar-refractivity contribution >= 4 is 17.7 Å². The molecule has 5 nitrogen and oxygen atoms in total. The predicted octanol–water partition coefficient (Wildman–Crippen LogP) is 4.40. The fourth-order valence-corrected chi connectivity index (χ4v) is 4.70. The number of hydrogen-bond acceptors (Lipinski definition) is 3. The molecule has 5 heteroatoms. The zero-order chi connectivity index (χ0) is 23.2. The van der Waals surface area contributed by atoms with Crippen LogP contribution in [0, 0.1) is 5.92 Å². The first-order chi connectivity index (χ1) is 16.0. The maximum Gasteiger partial charge on any atom is 0.377 e. The van der Waals surface area contributed by atoms with Crippen molar-refractivity contribution in [1.29, 1.82) is 0 Å². The largest absolute Gasteiger partial charge is 0.475 e. The van der Waals surface area contributed by atoms with E-state index < -0.39 is 11.8 Å². The summed E-state index contributed by atoms with van der Waals surface area (Å²) in [5.74, 6) is -2.03. The van der Waals surface area contributed by atoms with E-state index in [1.165, 1.54) is 0 Å². The van der Waals surface area contributed by atoms with E-state index in [-0.39, 0.29) is 23.3 Å². The first kappa shape index (κ1) is 22.5. The molecular weight excluding hydrogens is 414 g/mol. The highest BCUT2D eigenvalue weighted by Gasteiger charge is 2.26. The lowest BCUT2D eigenvalue weighted by Crippen LogP contribution is -2.33. The van der Waals surface area contributed by atoms with Crippen molar-refractivity contribution in [3.63, 3.8) is 0 Å². The van der Waals surface area contributed by atoms with E-state index in [2.05, 4.69) is 29.6 Å². The number of amides is 1. The minimum Gasteiger partial charge on any atom is -0.475 e. The van der Waals surface area contributed by atoms with Crippen molar-refractivity contribution in [3.8, 4) is 0 Å². The van der Waals surface area contributed by atoms with E-state index in [9.17, 15) is 14.4 Å². The molecule has 0 heterocycles. The number of fused-ring (bicyclic) bond motifs is 1. The predicted molar refractivity (Wildman–Crippen MR) is 126 cm³/mol. The minimum atomic E-state index is -1.43. The fourth-order valence-electron chi connectivity index (χ4n) is 4.70. The number of Topliss-reactive ketones (excluding diaryl/α,β-unsaturated/α-hetero) is 1. The molecule has 0 bridgehead atoms. The van der Waals surface area contributed by atoms with Gasteiger partial charge < -0.3 is 10.4 Å². The van der Waals surface area contributed by atoms with Crippen molar-refractivity contribution in [2.24, 2.45) is 5.92 Å². The number of hydrogen-bond donors (Lipinski definition) is 2. The second kappa shape index (κ2) is 10.3. The molecule has 0 aliphatic heterocycles. The number of nitrogens with one attached hydrogen (secondary N) is 1. The molecule has 0 aromatic heterocycles. The topological polar surface area (TPSA) is 83.5 Å². The quantitative estimate of drug-likeness (QED) is 0.401. The van der Waals surface area contributed by atoms with Gasteiger partial charge >= 0.3 is 5.97 Å². The first-order valence-corrected chi connectivity index (χ1v) is 11.3. The van der Waals surface area contributed by atoms with E-state index in [1.54, 1.807) is 12.1 Å². The number of aliphatic carboxylic acids is 1. The lowest BCUT2D eigenvalue weighted by Gasteiger charge is -2.26.